The molecule has 0 bridgehead atoms. The van der Waals surface area contributed by atoms with E-state index in [2.05, 4.69) is 0 Å². The van der Waals surface area contributed by atoms with Crippen LogP contribution in [0.5, 0.6) is 0 Å². The lowest BCUT2D eigenvalue weighted by atomic mass is 10.1. The van der Waals surface area contributed by atoms with Gasteiger partial charge < -0.3 is 8.83 Å². The molecule has 4 rings (SSSR count). The molecule has 4 aromatic rings. The molecule has 0 aliphatic rings. The molecule has 0 atom stereocenters. The molecule has 3 nitrogen and oxygen atoms in total. The largest absolute Gasteiger partial charge is 0.460 e. The van der Waals surface area contributed by atoms with E-state index in [1.165, 1.54) is 0 Å². The predicted molar refractivity (Wildman–Crippen MR) is 74.5 cm³/mol. The lowest BCUT2D eigenvalue weighted by Gasteiger charge is -2.02. The maximum absolute atomic E-state index is 12.0. The third-order valence-corrected chi connectivity index (χ3v) is 3.39. The Morgan fingerprint density at radius 3 is 2.53 bits per heavy atom. The Bertz CT molecular complexity index is 989. The fourth-order valence-electron chi connectivity index (χ4n) is 2.55. The van der Waals surface area contributed by atoms with E-state index in [0.29, 0.717) is 22.3 Å². The quantitative estimate of drug-likeness (QED) is 0.350. The summed E-state index contributed by atoms with van der Waals surface area (Å²) >= 11 is 0. The SMILES string of the molecule is Cc1cc2c(=O)oc3c4ccccc4ccc3c2o1. The Balaban J connectivity index is 2.36. The third-order valence-electron chi connectivity index (χ3n) is 3.39. The van der Waals surface area contributed by atoms with Crippen LogP contribution in [0.2, 0.25) is 0 Å². The second kappa shape index (κ2) is 3.48. The van der Waals surface area contributed by atoms with Gasteiger partial charge in [0.1, 0.15) is 16.7 Å². The average Bonchev–Trinajstić information content (AvgIpc) is 2.81. The molecule has 19 heavy (non-hydrogen) atoms. The summed E-state index contributed by atoms with van der Waals surface area (Å²) < 4.78 is 11.1. The fourth-order valence-corrected chi connectivity index (χ4v) is 2.55. The molecule has 2 aromatic carbocycles. The minimum Gasteiger partial charge on any atom is -0.460 e. The minimum absolute atomic E-state index is 0.351. The Kier molecular flexibility index (Phi) is 1.90. The number of benzene rings is 2. The lowest BCUT2D eigenvalue weighted by molar-refractivity contribution is 0.561. The molecule has 0 aliphatic carbocycles. The third kappa shape index (κ3) is 1.35. The molecule has 2 heterocycles. The van der Waals surface area contributed by atoms with Crippen molar-refractivity contribution < 1.29 is 8.83 Å². The van der Waals surface area contributed by atoms with Crippen molar-refractivity contribution in [1.82, 2.24) is 0 Å². The summed E-state index contributed by atoms with van der Waals surface area (Å²) in [7, 11) is 0. The predicted octanol–water partition coefficient (Wildman–Crippen LogP) is 4.00. The number of hydrogen-bond acceptors (Lipinski definition) is 3. The van der Waals surface area contributed by atoms with Gasteiger partial charge in [-0.25, -0.2) is 4.79 Å². The van der Waals surface area contributed by atoms with Gasteiger partial charge in [-0.3, -0.25) is 0 Å². The van der Waals surface area contributed by atoms with Crippen molar-refractivity contribution in [1.29, 1.82) is 0 Å². The van der Waals surface area contributed by atoms with Crippen molar-refractivity contribution in [2.45, 2.75) is 6.92 Å². The van der Waals surface area contributed by atoms with Crippen LogP contribution < -0.4 is 5.63 Å². The van der Waals surface area contributed by atoms with E-state index < -0.39 is 0 Å². The summed E-state index contributed by atoms with van der Waals surface area (Å²) in [6, 6.07) is 13.5. The molecule has 92 valence electrons. The Hall–Kier alpha value is -2.55. The summed E-state index contributed by atoms with van der Waals surface area (Å²) in [6.07, 6.45) is 0. The first-order valence-electron chi connectivity index (χ1n) is 6.09. The molecule has 0 radical (unpaired) electrons. The smallest absolute Gasteiger partial charge is 0.347 e. The van der Waals surface area contributed by atoms with Crippen molar-refractivity contribution in [2.24, 2.45) is 0 Å². The van der Waals surface area contributed by atoms with Crippen molar-refractivity contribution in [2.75, 3.05) is 0 Å². The molecular formula is C16H10O3. The molecule has 0 fully saturated rings. The molecule has 0 aliphatic heterocycles. The maximum atomic E-state index is 12.0. The molecule has 0 saturated carbocycles. The van der Waals surface area contributed by atoms with E-state index in [1.807, 2.05) is 43.3 Å². The van der Waals surface area contributed by atoms with E-state index in [4.69, 9.17) is 8.83 Å². The van der Waals surface area contributed by atoms with E-state index in [-0.39, 0.29) is 5.63 Å². The normalized spacial score (nSPS) is 11.6. The van der Waals surface area contributed by atoms with E-state index in [1.54, 1.807) is 6.07 Å². The highest BCUT2D eigenvalue weighted by atomic mass is 16.4. The van der Waals surface area contributed by atoms with Crippen LogP contribution in [0.1, 0.15) is 5.76 Å². The first-order chi connectivity index (χ1) is 9.24. The van der Waals surface area contributed by atoms with Crippen molar-refractivity contribution >= 4 is 32.7 Å². The highest BCUT2D eigenvalue weighted by molar-refractivity contribution is 6.11. The number of aryl methyl sites for hydroxylation is 1. The molecule has 2 aromatic heterocycles. The van der Waals surface area contributed by atoms with Crippen molar-refractivity contribution in [3.63, 3.8) is 0 Å². The second-order valence-electron chi connectivity index (χ2n) is 4.65. The van der Waals surface area contributed by atoms with Gasteiger partial charge in [-0.1, -0.05) is 30.3 Å². The molecule has 0 amide bonds. The topological polar surface area (TPSA) is 43.4 Å². The van der Waals surface area contributed by atoms with Crippen LogP contribution in [0, 0.1) is 6.92 Å². The summed E-state index contributed by atoms with van der Waals surface area (Å²) in [5, 5.41) is 3.30. The molecular weight excluding hydrogens is 240 g/mol. The van der Waals surface area contributed by atoms with Gasteiger partial charge in [0.15, 0.2) is 5.58 Å². The van der Waals surface area contributed by atoms with E-state index >= 15 is 0 Å². The van der Waals surface area contributed by atoms with Gasteiger partial charge >= 0.3 is 5.63 Å². The Morgan fingerprint density at radius 2 is 1.63 bits per heavy atom. The van der Waals surface area contributed by atoms with Crippen LogP contribution in [0.15, 0.2) is 56.1 Å². The fraction of sp³-hybridized carbons (Fsp3) is 0.0625. The summed E-state index contributed by atoms with van der Waals surface area (Å²) in [5.41, 5.74) is 0.843. The highest BCUT2D eigenvalue weighted by Gasteiger charge is 2.13. The van der Waals surface area contributed by atoms with E-state index in [0.717, 1.165) is 16.2 Å². The van der Waals surface area contributed by atoms with Crippen LogP contribution in [0.4, 0.5) is 0 Å². The second-order valence-corrected chi connectivity index (χ2v) is 4.65. The zero-order chi connectivity index (χ0) is 13.0. The van der Waals surface area contributed by atoms with Crippen LogP contribution in [-0.2, 0) is 0 Å². The van der Waals surface area contributed by atoms with Crippen LogP contribution in [0.25, 0.3) is 32.7 Å². The summed E-state index contributed by atoms with van der Waals surface area (Å²) in [4.78, 5) is 12.0. The van der Waals surface area contributed by atoms with Gasteiger partial charge in [0.25, 0.3) is 0 Å². The number of hydrogen-bond donors (Lipinski definition) is 0. The van der Waals surface area contributed by atoms with Crippen LogP contribution >= 0.6 is 0 Å². The van der Waals surface area contributed by atoms with Gasteiger partial charge in [0, 0.05) is 5.39 Å². The average molecular weight is 250 g/mol. The zero-order valence-electron chi connectivity index (χ0n) is 10.3. The molecule has 0 N–H and O–H groups in total. The standard InChI is InChI=1S/C16H10O3/c1-9-8-13-15(18-9)12-7-6-10-4-2-3-5-11(10)14(12)19-16(13)17/h2-8H,1H3. The van der Waals surface area contributed by atoms with Crippen LogP contribution in [-0.4, -0.2) is 0 Å². The number of fused-ring (bicyclic) bond motifs is 5. The molecule has 0 saturated heterocycles. The lowest BCUT2D eigenvalue weighted by Crippen LogP contribution is -1.97. The van der Waals surface area contributed by atoms with Gasteiger partial charge in [0.2, 0.25) is 0 Å². The van der Waals surface area contributed by atoms with Gasteiger partial charge in [-0.15, -0.1) is 0 Å². The molecule has 0 unspecified atom stereocenters. The highest BCUT2D eigenvalue weighted by Crippen LogP contribution is 2.30. The van der Waals surface area contributed by atoms with Gasteiger partial charge in [-0.2, -0.15) is 0 Å². The van der Waals surface area contributed by atoms with Crippen molar-refractivity contribution in [3.05, 3.63) is 58.6 Å². The summed E-state index contributed by atoms with van der Waals surface area (Å²) in [5.74, 6) is 0.711. The monoisotopic (exact) mass is 250 g/mol. The first-order valence-corrected chi connectivity index (χ1v) is 6.09. The Morgan fingerprint density at radius 1 is 0.842 bits per heavy atom. The first kappa shape index (κ1) is 10.4. The Labute approximate surface area is 108 Å². The summed E-state index contributed by atoms with van der Waals surface area (Å²) in [6.45, 7) is 1.83. The molecule has 0 spiro atoms. The minimum atomic E-state index is -0.351. The van der Waals surface area contributed by atoms with E-state index in [9.17, 15) is 4.79 Å². The van der Waals surface area contributed by atoms with Crippen molar-refractivity contribution in [3.8, 4) is 0 Å². The maximum Gasteiger partial charge on any atom is 0.347 e. The number of rotatable bonds is 0. The molecule has 3 heteroatoms. The van der Waals surface area contributed by atoms with Gasteiger partial charge in [0.05, 0.1) is 5.39 Å². The van der Waals surface area contributed by atoms with Crippen LogP contribution in [0.3, 0.4) is 0 Å². The zero-order valence-corrected chi connectivity index (χ0v) is 10.3. The number of furan rings is 1. The van der Waals surface area contributed by atoms with Gasteiger partial charge in [-0.05, 0) is 24.4 Å².